The summed E-state index contributed by atoms with van der Waals surface area (Å²) in [6, 6.07) is 0. The molecule has 0 fully saturated rings. The second-order valence-corrected chi connectivity index (χ2v) is 4.68. The van der Waals surface area contributed by atoms with Gasteiger partial charge in [0.15, 0.2) is 5.75 Å². The summed E-state index contributed by atoms with van der Waals surface area (Å²) in [7, 11) is 3.82. The van der Waals surface area contributed by atoms with Crippen molar-refractivity contribution in [3.05, 3.63) is 0 Å². The zero-order valence-electron chi connectivity index (χ0n) is 6.85. The minimum absolute atomic E-state index is 0. The van der Waals surface area contributed by atoms with Crippen molar-refractivity contribution in [1.82, 2.24) is 4.90 Å². The second kappa shape index (κ2) is 6.04. The maximum Gasteiger partial charge on any atom is 0.271 e. The van der Waals surface area contributed by atoms with Crippen LogP contribution in [0.3, 0.4) is 0 Å². The van der Waals surface area contributed by atoms with Gasteiger partial charge in [-0.1, -0.05) is 0 Å². The molecule has 4 heteroatoms. The molecular weight excluding hydrogens is 214 g/mol. The number of hydrogen-bond donors (Lipinski definition) is 0. The SMILES string of the molecule is CN(C)C(=O)C[S+](C)C.[Br-]. The average molecular weight is 228 g/mol. The van der Waals surface area contributed by atoms with Gasteiger partial charge in [0.25, 0.3) is 5.91 Å². The predicted molar refractivity (Wildman–Crippen MR) is 42.8 cm³/mol. The third-order valence-corrected chi connectivity index (χ3v) is 1.74. The fourth-order valence-electron chi connectivity index (χ4n) is 0.376. The normalized spacial score (nSPS) is 8.90. The fraction of sp³-hybridized carbons (Fsp3) is 0.833. The van der Waals surface area contributed by atoms with Crippen molar-refractivity contribution in [2.24, 2.45) is 0 Å². The molecule has 62 valence electrons. The number of nitrogens with zero attached hydrogens (tertiary/aromatic N) is 1. The third-order valence-electron chi connectivity index (χ3n) is 0.911. The highest BCUT2D eigenvalue weighted by Crippen LogP contribution is 1.86. The van der Waals surface area contributed by atoms with Crippen LogP contribution in [0.5, 0.6) is 0 Å². The van der Waals surface area contributed by atoms with Crippen LogP contribution in [0.1, 0.15) is 0 Å². The van der Waals surface area contributed by atoms with Gasteiger partial charge in [0, 0.05) is 14.1 Å². The van der Waals surface area contributed by atoms with E-state index >= 15 is 0 Å². The summed E-state index contributed by atoms with van der Waals surface area (Å²) >= 11 is 0. The Balaban J connectivity index is 0. The van der Waals surface area contributed by atoms with E-state index in [1.807, 2.05) is 0 Å². The first-order chi connectivity index (χ1) is 4.04. The maximum atomic E-state index is 10.9. The Kier molecular flexibility index (Phi) is 7.81. The molecule has 0 aliphatic rings. The van der Waals surface area contributed by atoms with Gasteiger partial charge in [-0.2, -0.15) is 0 Å². The Hall–Kier alpha value is 0.300. The van der Waals surface area contributed by atoms with Gasteiger partial charge in [-0.25, -0.2) is 0 Å². The molecule has 0 N–H and O–H groups in total. The van der Waals surface area contributed by atoms with E-state index in [9.17, 15) is 4.79 Å². The maximum absolute atomic E-state index is 10.9. The van der Waals surface area contributed by atoms with Crippen LogP contribution >= 0.6 is 0 Å². The van der Waals surface area contributed by atoms with Crippen LogP contribution in [-0.4, -0.2) is 43.2 Å². The van der Waals surface area contributed by atoms with E-state index in [1.165, 1.54) is 0 Å². The Morgan fingerprint density at radius 3 is 1.90 bits per heavy atom. The van der Waals surface area contributed by atoms with Gasteiger partial charge in [-0.15, -0.1) is 0 Å². The number of halogens is 1. The zero-order valence-corrected chi connectivity index (χ0v) is 9.25. The molecule has 10 heavy (non-hydrogen) atoms. The Morgan fingerprint density at radius 2 is 1.80 bits per heavy atom. The van der Waals surface area contributed by atoms with Crippen molar-refractivity contribution < 1.29 is 21.8 Å². The van der Waals surface area contributed by atoms with Crippen molar-refractivity contribution in [3.63, 3.8) is 0 Å². The van der Waals surface area contributed by atoms with Crippen molar-refractivity contribution in [1.29, 1.82) is 0 Å². The lowest BCUT2D eigenvalue weighted by Gasteiger charge is -2.06. The van der Waals surface area contributed by atoms with E-state index in [-0.39, 0.29) is 33.8 Å². The molecule has 2 nitrogen and oxygen atoms in total. The van der Waals surface area contributed by atoms with Crippen LogP contribution in [0.4, 0.5) is 0 Å². The minimum Gasteiger partial charge on any atom is -1.00 e. The smallest absolute Gasteiger partial charge is 0.271 e. The van der Waals surface area contributed by atoms with Gasteiger partial charge in [-0.05, 0) is 10.9 Å². The van der Waals surface area contributed by atoms with E-state index < -0.39 is 0 Å². The average Bonchev–Trinajstić information content (AvgIpc) is 1.63. The standard InChI is InChI=1S/C6H14NOS.BrH/c1-7(2)6(8)5-9(3)4;/h5H2,1-4H3;1H/q+1;/p-1. The molecule has 0 aliphatic heterocycles. The fourth-order valence-corrected chi connectivity index (χ4v) is 1.13. The van der Waals surface area contributed by atoms with E-state index in [1.54, 1.807) is 19.0 Å². The quantitative estimate of drug-likeness (QED) is 0.460. The van der Waals surface area contributed by atoms with Crippen LogP contribution in [0, 0.1) is 0 Å². The van der Waals surface area contributed by atoms with Gasteiger partial charge < -0.3 is 21.9 Å². The monoisotopic (exact) mass is 227 g/mol. The summed E-state index contributed by atoms with van der Waals surface area (Å²) in [4.78, 5) is 12.5. The van der Waals surface area contributed by atoms with Gasteiger partial charge >= 0.3 is 0 Å². The minimum atomic E-state index is 0. The predicted octanol–water partition coefficient (Wildman–Crippen LogP) is -3.04. The molecule has 0 aromatic rings. The molecule has 0 aromatic heterocycles. The van der Waals surface area contributed by atoms with Crippen LogP contribution in [0.2, 0.25) is 0 Å². The highest BCUT2D eigenvalue weighted by molar-refractivity contribution is 7.96. The van der Waals surface area contributed by atoms with E-state index in [0.717, 1.165) is 0 Å². The summed E-state index contributed by atoms with van der Waals surface area (Å²) in [5.41, 5.74) is 0. The molecule has 0 radical (unpaired) electrons. The number of rotatable bonds is 2. The largest absolute Gasteiger partial charge is 1.00 e. The summed E-state index contributed by atoms with van der Waals surface area (Å²) in [6.07, 6.45) is 4.14. The van der Waals surface area contributed by atoms with Crippen LogP contribution < -0.4 is 17.0 Å². The lowest BCUT2D eigenvalue weighted by atomic mass is 10.6. The zero-order chi connectivity index (χ0) is 7.44. The first-order valence-electron chi connectivity index (χ1n) is 2.78. The molecule has 0 saturated carbocycles. The molecule has 0 rings (SSSR count). The van der Waals surface area contributed by atoms with Crippen molar-refractivity contribution >= 4 is 16.8 Å². The highest BCUT2D eigenvalue weighted by Gasteiger charge is 2.11. The van der Waals surface area contributed by atoms with Crippen molar-refractivity contribution in [2.75, 3.05) is 32.4 Å². The molecule has 1 amide bonds. The lowest BCUT2D eigenvalue weighted by molar-refractivity contribution is -0.125. The van der Waals surface area contributed by atoms with Gasteiger partial charge in [0.05, 0.1) is 12.5 Å². The first-order valence-corrected chi connectivity index (χ1v) is 4.99. The third kappa shape index (κ3) is 6.42. The number of amides is 1. The molecule has 0 aromatic carbocycles. The Morgan fingerprint density at radius 1 is 1.40 bits per heavy atom. The number of carbonyl (C=O) groups is 1. The van der Waals surface area contributed by atoms with Crippen LogP contribution in [0.25, 0.3) is 0 Å². The summed E-state index contributed by atoms with van der Waals surface area (Å²) in [5.74, 6) is 0.913. The van der Waals surface area contributed by atoms with E-state index in [0.29, 0.717) is 5.75 Å². The summed E-state index contributed by atoms with van der Waals surface area (Å²) in [6.45, 7) is 0. The lowest BCUT2D eigenvalue weighted by Crippen LogP contribution is -3.00. The second-order valence-electron chi connectivity index (χ2n) is 2.42. The van der Waals surface area contributed by atoms with Gasteiger partial charge in [-0.3, -0.25) is 4.79 Å². The molecule has 0 unspecified atom stereocenters. The van der Waals surface area contributed by atoms with E-state index in [2.05, 4.69) is 12.5 Å². The molecule has 0 saturated heterocycles. The Bertz CT molecular complexity index is 106. The van der Waals surface area contributed by atoms with Crippen molar-refractivity contribution in [2.45, 2.75) is 0 Å². The molecule has 0 bridgehead atoms. The highest BCUT2D eigenvalue weighted by atomic mass is 79.9. The van der Waals surface area contributed by atoms with Gasteiger partial charge in [0.1, 0.15) is 0 Å². The molecule has 0 atom stereocenters. The number of carbonyl (C=O) groups excluding carboxylic acids is 1. The summed E-state index contributed by atoms with van der Waals surface area (Å²) < 4.78 is 0. The van der Waals surface area contributed by atoms with E-state index in [4.69, 9.17) is 0 Å². The topological polar surface area (TPSA) is 20.3 Å². The number of hydrogen-bond acceptors (Lipinski definition) is 1. The molecule has 0 spiro atoms. The van der Waals surface area contributed by atoms with Gasteiger partial charge in [0.2, 0.25) is 0 Å². The first kappa shape index (κ1) is 12.9. The Labute approximate surface area is 76.1 Å². The van der Waals surface area contributed by atoms with Crippen molar-refractivity contribution in [3.8, 4) is 0 Å². The molecular formula is C6H14BrNOS. The molecule has 0 aliphatic carbocycles. The van der Waals surface area contributed by atoms with Crippen LogP contribution in [-0.2, 0) is 15.7 Å². The summed E-state index contributed by atoms with van der Waals surface area (Å²) in [5, 5.41) is 0. The molecule has 0 heterocycles. The van der Waals surface area contributed by atoms with Crippen LogP contribution in [0.15, 0.2) is 0 Å².